The van der Waals surface area contributed by atoms with Crippen LogP contribution in [0.25, 0.3) is 0 Å². The standard InChI is InChI=1S/C18H26N2O4/c1-23-14-5-3-13(4-6-14)18(22)20-11-16(17(21)12-20)19-9-7-15(24-2)8-10-19/h3-6,15-17,21H,7-12H2,1-2H3/t16-,17-/m0/s1. The van der Waals surface area contributed by atoms with Crippen LogP contribution in [-0.2, 0) is 4.74 Å². The molecule has 132 valence electrons. The highest BCUT2D eigenvalue weighted by Gasteiger charge is 2.39. The molecule has 2 saturated heterocycles. The first-order chi connectivity index (χ1) is 11.6. The number of amides is 1. The van der Waals surface area contributed by atoms with E-state index in [4.69, 9.17) is 9.47 Å². The van der Waals surface area contributed by atoms with Crippen LogP contribution >= 0.6 is 0 Å². The first-order valence-electron chi connectivity index (χ1n) is 8.50. The zero-order chi connectivity index (χ0) is 17.1. The van der Waals surface area contributed by atoms with E-state index in [0.29, 0.717) is 24.8 Å². The number of piperidine rings is 1. The lowest BCUT2D eigenvalue weighted by molar-refractivity contribution is 0.00776. The maximum absolute atomic E-state index is 12.7. The van der Waals surface area contributed by atoms with Crippen molar-refractivity contribution in [2.24, 2.45) is 0 Å². The van der Waals surface area contributed by atoms with Crippen LogP contribution < -0.4 is 4.74 Å². The molecule has 0 saturated carbocycles. The number of aliphatic hydroxyl groups is 1. The fourth-order valence-electron chi connectivity index (χ4n) is 3.65. The molecule has 24 heavy (non-hydrogen) atoms. The number of ether oxygens (including phenoxy) is 2. The summed E-state index contributed by atoms with van der Waals surface area (Å²) in [7, 11) is 3.35. The summed E-state index contributed by atoms with van der Waals surface area (Å²) in [5.41, 5.74) is 0.627. The lowest BCUT2D eigenvalue weighted by Gasteiger charge is -2.36. The van der Waals surface area contributed by atoms with Crippen molar-refractivity contribution in [3.05, 3.63) is 29.8 Å². The minimum absolute atomic E-state index is 0.0185. The van der Waals surface area contributed by atoms with Crippen molar-refractivity contribution >= 4 is 5.91 Å². The third-order valence-corrected chi connectivity index (χ3v) is 5.16. The molecule has 0 unspecified atom stereocenters. The smallest absolute Gasteiger partial charge is 0.254 e. The predicted octanol–water partition coefficient (Wildman–Crippen LogP) is 0.991. The van der Waals surface area contributed by atoms with Crippen molar-refractivity contribution in [1.29, 1.82) is 0 Å². The number of likely N-dealkylation sites (tertiary alicyclic amines) is 2. The molecule has 2 aliphatic heterocycles. The summed E-state index contributed by atoms with van der Waals surface area (Å²) >= 11 is 0. The Hall–Kier alpha value is -1.63. The lowest BCUT2D eigenvalue weighted by Crippen LogP contribution is -2.48. The number of hydrogen-bond donors (Lipinski definition) is 1. The number of methoxy groups -OCH3 is 2. The Morgan fingerprint density at radius 1 is 1.12 bits per heavy atom. The van der Waals surface area contributed by atoms with E-state index in [1.54, 1.807) is 43.4 Å². The molecule has 1 amide bonds. The van der Waals surface area contributed by atoms with Crippen LogP contribution in [0.3, 0.4) is 0 Å². The normalized spacial score (nSPS) is 25.9. The minimum Gasteiger partial charge on any atom is -0.497 e. The van der Waals surface area contributed by atoms with E-state index in [-0.39, 0.29) is 11.9 Å². The first kappa shape index (κ1) is 17.2. The molecular formula is C18H26N2O4. The molecule has 2 aliphatic rings. The summed E-state index contributed by atoms with van der Waals surface area (Å²) in [6, 6.07) is 7.13. The minimum atomic E-state index is -0.494. The Morgan fingerprint density at radius 3 is 2.38 bits per heavy atom. The van der Waals surface area contributed by atoms with Gasteiger partial charge in [0.25, 0.3) is 5.91 Å². The van der Waals surface area contributed by atoms with Gasteiger partial charge in [-0.1, -0.05) is 0 Å². The molecule has 2 heterocycles. The molecule has 1 aromatic carbocycles. The number of carbonyl (C=O) groups excluding carboxylic acids is 1. The second kappa shape index (κ2) is 7.51. The number of benzene rings is 1. The Labute approximate surface area is 143 Å². The molecule has 1 aromatic rings. The molecule has 0 radical (unpaired) electrons. The molecule has 6 heteroatoms. The lowest BCUT2D eigenvalue weighted by atomic mass is 10.0. The Morgan fingerprint density at radius 2 is 1.79 bits per heavy atom. The van der Waals surface area contributed by atoms with Gasteiger partial charge in [-0.25, -0.2) is 0 Å². The highest BCUT2D eigenvalue weighted by Crippen LogP contribution is 2.23. The quantitative estimate of drug-likeness (QED) is 0.890. The molecule has 0 spiro atoms. The fraction of sp³-hybridized carbons (Fsp3) is 0.611. The monoisotopic (exact) mass is 334 g/mol. The summed E-state index contributed by atoms with van der Waals surface area (Å²) in [6.45, 7) is 2.78. The number of rotatable bonds is 4. The van der Waals surface area contributed by atoms with Gasteiger partial charge in [-0.15, -0.1) is 0 Å². The van der Waals surface area contributed by atoms with Crippen LogP contribution in [-0.4, -0.2) is 79.5 Å². The van der Waals surface area contributed by atoms with Crippen LogP contribution in [0.4, 0.5) is 0 Å². The van der Waals surface area contributed by atoms with Gasteiger partial charge in [-0.3, -0.25) is 9.69 Å². The molecule has 0 aromatic heterocycles. The average molecular weight is 334 g/mol. The van der Waals surface area contributed by atoms with Crippen LogP contribution in [0, 0.1) is 0 Å². The number of aliphatic hydroxyl groups excluding tert-OH is 1. The molecule has 0 aliphatic carbocycles. The van der Waals surface area contributed by atoms with Crippen molar-refractivity contribution in [3.63, 3.8) is 0 Å². The van der Waals surface area contributed by atoms with Crippen molar-refractivity contribution in [3.8, 4) is 5.75 Å². The summed E-state index contributed by atoms with van der Waals surface area (Å²) in [6.07, 6.45) is 1.78. The van der Waals surface area contributed by atoms with Crippen molar-refractivity contribution in [2.45, 2.75) is 31.1 Å². The number of hydrogen-bond acceptors (Lipinski definition) is 5. The zero-order valence-corrected chi connectivity index (χ0v) is 14.4. The highest BCUT2D eigenvalue weighted by atomic mass is 16.5. The van der Waals surface area contributed by atoms with E-state index in [2.05, 4.69) is 4.90 Å². The summed E-state index contributed by atoms with van der Waals surface area (Å²) in [5.74, 6) is 0.692. The maximum atomic E-state index is 12.7. The van der Waals surface area contributed by atoms with Gasteiger partial charge in [0.05, 0.1) is 25.4 Å². The SMILES string of the molecule is COc1ccc(C(=O)N2C[C@H](O)[C@@H](N3CCC(OC)CC3)C2)cc1. The van der Waals surface area contributed by atoms with Crippen LogP contribution in [0.1, 0.15) is 23.2 Å². The van der Waals surface area contributed by atoms with Crippen molar-refractivity contribution in [1.82, 2.24) is 9.80 Å². The van der Waals surface area contributed by atoms with Crippen LogP contribution in [0.5, 0.6) is 5.75 Å². The number of carbonyl (C=O) groups is 1. The summed E-state index contributed by atoms with van der Waals surface area (Å²) < 4.78 is 10.5. The summed E-state index contributed by atoms with van der Waals surface area (Å²) in [4.78, 5) is 16.7. The van der Waals surface area contributed by atoms with E-state index in [9.17, 15) is 9.90 Å². The van der Waals surface area contributed by atoms with E-state index in [0.717, 1.165) is 31.7 Å². The second-order valence-corrected chi connectivity index (χ2v) is 6.54. The van der Waals surface area contributed by atoms with Gasteiger partial charge < -0.3 is 19.5 Å². The predicted molar refractivity (Wildman–Crippen MR) is 90.3 cm³/mol. The van der Waals surface area contributed by atoms with Gasteiger partial charge in [-0.05, 0) is 37.1 Å². The third-order valence-electron chi connectivity index (χ3n) is 5.16. The second-order valence-electron chi connectivity index (χ2n) is 6.54. The average Bonchev–Trinajstić information content (AvgIpc) is 3.03. The zero-order valence-electron chi connectivity index (χ0n) is 14.4. The Bertz CT molecular complexity index is 555. The van der Waals surface area contributed by atoms with Crippen LogP contribution in [0.15, 0.2) is 24.3 Å². The Kier molecular flexibility index (Phi) is 5.38. The van der Waals surface area contributed by atoms with Gasteiger partial charge in [0.1, 0.15) is 5.75 Å². The van der Waals surface area contributed by atoms with Crippen LogP contribution in [0.2, 0.25) is 0 Å². The van der Waals surface area contributed by atoms with E-state index < -0.39 is 6.10 Å². The summed E-state index contributed by atoms with van der Waals surface area (Å²) in [5, 5.41) is 10.4. The highest BCUT2D eigenvalue weighted by molar-refractivity contribution is 5.94. The van der Waals surface area contributed by atoms with Gasteiger partial charge in [-0.2, -0.15) is 0 Å². The topological polar surface area (TPSA) is 62.2 Å². The van der Waals surface area contributed by atoms with Gasteiger partial charge >= 0.3 is 0 Å². The molecule has 6 nitrogen and oxygen atoms in total. The number of β-amino-alcohol motifs (C(OH)–C–C–N with tert-alkyl or cyclic N) is 1. The maximum Gasteiger partial charge on any atom is 0.254 e. The molecular weight excluding hydrogens is 308 g/mol. The Balaban J connectivity index is 1.61. The van der Waals surface area contributed by atoms with Gasteiger partial charge in [0.2, 0.25) is 0 Å². The molecule has 2 fully saturated rings. The van der Waals surface area contributed by atoms with E-state index in [1.807, 2.05) is 0 Å². The molecule has 2 atom stereocenters. The first-order valence-corrected chi connectivity index (χ1v) is 8.50. The third kappa shape index (κ3) is 3.55. The van der Waals surface area contributed by atoms with Crippen molar-refractivity contribution < 1.29 is 19.4 Å². The van der Waals surface area contributed by atoms with Gasteiger partial charge in [0.15, 0.2) is 0 Å². The van der Waals surface area contributed by atoms with E-state index in [1.165, 1.54) is 0 Å². The molecule has 1 N–H and O–H groups in total. The molecule has 3 rings (SSSR count). The fourth-order valence-corrected chi connectivity index (χ4v) is 3.65. The largest absolute Gasteiger partial charge is 0.497 e. The van der Waals surface area contributed by atoms with Crippen molar-refractivity contribution in [2.75, 3.05) is 40.4 Å². The number of nitrogens with zero attached hydrogens (tertiary/aromatic N) is 2. The van der Waals surface area contributed by atoms with E-state index >= 15 is 0 Å². The molecule has 0 bridgehead atoms. The van der Waals surface area contributed by atoms with Gasteiger partial charge in [0, 0.05) is 38.9 Å².